The summed E-state index contributed by atoms with van der Waals surface area (Å²) in [6.45, 7) is 13.3. The summed E-state index contributed by atoms with van der Waals surface area (Å²) < 4.78 is 10.7. The molecule has 200 valence electrons. The second kappa shape index (κ2) is 11.1. The van der Waals surface area contributed by atoms with E-state index in [0.717, 1.165) is 10.6 Å². The number of ether oxygens (including phenoxy) is 2. The van der Waals surface area contributed by atoms with Gasteiger partial charge in [-0.3, -0.25) is 9.89 Å². The molecule has 10 nitrogen and oxygen atoms in total. The number of aromatic nitrogens is 2. The Bertz CT molecular complexity index is 1090. The van der Waals surface area contributed by atoms with Gasteiger partial charge in [0.1, 0.15) is 18.9 Å². The number of thioether (sulfide) groups is 1. The highest BCUT2D eigenvalue weighted by molar-refractivity contribution is 8.03. The molecule has 7 atom stereocenters. The Morgan fingerprint density at radius 2 is 2.00 bits per heavy atom. The number of rotatable bonds is 10. The van der Waals surface area contributed by atoms with Crippen LogP contribution in [-0.2, 0) is 19.1 Å². The van der Waals surface area contributed by atoms with Crippen LogP contribution in [0.25, 0.3) is 0 Å². The van der Waals surface area contributed by atoms with Gasteiger partial charge in [-0.25, -0.2) is 9.59 Å². The number of H-pyrrole nitrogens is 1. The highest BCUT2D eigenvalue weighted by Crippen LogP contribution is 2.53. The first-order valence-corrected chi connectivity index (χ1v) is 13.3. The molecule has 3 aliphatic rings. The Kier molecular flexibility index (Phi) is 8.13. The smallest absolute Gasteiger partial charge is 0.410 e. The average molecular weight is 531 g/mol. The quantitative estimate of drug-likeness (QED) is 0.269. The molecular formula is C26H34N4O6S. The van der Waals surface area contributed by atoms with Gasteiger partial charge in [-0.15, -0.1) is 11.8 Å². The number of hydrogen-bond donors (Lipinski definition) is 2. The largest absolute Gasteiger partial charge is 0.457 e. The van der Waals surface area contributed by atoms with Gasteiger partial charge in [-0.05, 0) is 19.4 Å². The molecular weight excluding hydrogens is 496 g/mol. The zero-order valence-corrected chi connectivity index (χ0v) is 22.1. The number of aromatic amines is 1. The number of amides is 2. The molecule has 2 N–H and O–H groups in total. The predicted octanol–water partition coefficient (Wildman–Crippen LogP) is 2.81. The molecule has 3 aliphatic heterocycles. The Morgan fingerprint density at radius 3 is 2.62 bits per heavy atom. The average Bonchev–Trinajstić information content (AvgIpc) is 3.59. The van der Waals surface area contributed by atoms with Crippen LogP contribution in [0.15, 0.2) is 48.2 Å². The highest BCUT2D eigenvalue weighted by Gasteiger charge is 2.60. The van der Waals surface area contributed by atoms with Crippen molar-refractivity contribution in [1.29, 1.82) is 0 Å². The molecule has 4 heterocycles. The van der Waals surface area contributed by atoms with Crippen molar-refractivity contribution in [3.05, 3.63) is 53.9 Å². The molecule has 4 rings (SSSR count). The summed E-state index contributed by atoms with van der Waals surface area (Å²) in [5, 5.41) is 17.2. The molecule has 1 unspecified atom stereocenters. The molecule has 1 aromatic rings. The van der Waals surface area contributed by atoms with Gasteiger partial charge in [-0.2, -0.15) is 5.10 Å². The van der Waals surface area contributed by atoms with Crippen molar-refractivity contribution in [1.82, 2.24) is 20.0 Å². The van der Waals surface area contributed by atoms with E-state index in [4.69, 9.17) is 9.47 Å². The normalized spacial score (nSPS) is 28.4. The minimum Gasteiger partial charge on any atom is -0.457 e. The van der Waals surface area contributed by atoms with Crippen LogP contribution in [0.1, 0.15) is 38.8 Å². The van der Waals surface area contributed by atoms with Gasteiger partial charge in [0.05, 0.1) is 18.1 Å². The van der Waals surface area contributed by atoms with Crippen LogP contribution in [0.5, 0.6) is 0 Å². The number of nitrogens with one attached hydrogen (secondary N) is 1. The van der Waals surface area contributed by atoms with E-state index >= 15 is 0 Å². The molecule has 2 saturated heterocycles. The number of nitrogens with zero attached hydrogens (tertiary/aromatic N) is 3. The third kappa shape index (κ3) is 4.94. The van der Waals surface area contributed by atoms with Crippen LogP contribution in [0.3, 0.4) is 0 Å². The van der Waals surface area contributed by atoms with Crippen LogP contribution >= 0.6 is 11.8 Å². The highest BCUT2D eigenvalue weighted by atomic mass is 32.2. The number of fused-ring (bicyclic) bond motifs is 1. The molecule has 2 fully saturated rings. The summed E-state index contributed by atoms with van der Waals surface area (Å²) in [6, 6.07) is 1.42. The molecule has 0 bridgehead atoms. The lowest BCUT2D eigenvalue weighted by atomic mass is 9.79. The number of carbonyl (C=O) groups is 3. The standard InChI is InChI=1S/C26H34N4O6S/c1-6-10-35-25(33)22-23(15(4)21-20(16(5)31)24(32)30(21)22)37-17-12-19(14(3)18-8-9-27-28-18)29(13-17)26(34)36-11-7-2/h6-9,14-17,19-21,31H,1-2,10-13H2,3-5H3,(H,27,28)/t14?,15-,16-,17+,19-,20-,21-/m1/s1. The van der Waals surface area contributed by atoms with Gasteiger partial charge in [0.25, 0.3) is 0 Å². The van der Waals surface area contributed by atoms with Crippen molar-refractivity contribution in [3.63, 3.8) is 0 Å². The predicted molar refractivity (Wildman–Crippen MR) is 138 cm³/mol. The van der Waals surface area contributed by atoms with E-state index in [-0.39, 0.29) is 54.0 Å². The Balaban J connectivity index is 1.61. The first kappa shape index (κ1) is 27.0. The number of esters is 1. The molecule has 1 aromatic heterocycles. The van der Waals surface area contributed by atoms with Gasteiger partial charge in [0.15, 0.2) is 0 Å². The fraction of sp³-hybridized carbons (Fsp3) is 0.538. The van der Waals surface area contributed by atoms with Gasteiger partial charge >= 0.3 is 12.1 Å². The Labute approximate surface area is 220 Å². The van der Waals surface area contributed by atoms with Crippen molar-refractivity contribution in [2.45, 2.75) is 56.5 Å². The van der Waals surface area contributed by atoms with Crippen LogP contribution in [0, 0.1) is 11.8 Å². The van der Waals surface area contributed by atoms with Crippen molar-refractivity contribution >= 4 is 29.7 Å². The number of β-lactam (4-membered cyclic amide) rings is 1. The summed E-state index contributed by atoms with van der Waals surface area (Å²) in [5.41, 5.74) is 1.14. The van der Waals surface area contributed by atoms with Gasteiger partial charge in [0, 0.05) is 46.5 Å². The van der Waals surface area contributed by atoms with Crippen molar-refractivity contribution in [2.75, 3.05) is 19.8 Å². The third-order valence-electron chi connectivity index (χ3n) is 7.38. The van der Waals surface area contributed by atoms with Gasteiger partial charge < -0.3 is 24.4 Å². The maximum absolute atomic E-state index is 13.1. The van der Waals surface area contributed by atoms with Crippen LogP contribution < -0.4 is 0 Å². The minimum absolute atomic E-state index is 0.0251. The fourth-order valence-electron chi connectivity index (χ4n) is 5.59. The number of hydrogen-bond acceptors (Lipinski definition) is 8. The van der Waals surface area contributed by atoms with Crippen LogP contribution in [0.4, 0.5) is 4.79 Å². The third-order valence-corrected chi connectivity index (χ3v) is 8.88. The zero-order chi connectivity index (χ0) is 26.9. The SMILES string of the molecule is C=CCOC(=O)C1=C(S[C@H]2C[C@H](C(C)c3ccn[nH]3)N(C(=O)OCC=C)C2)[C@H](C)[C@@H]2[C@@H]([C@@H](C)O)C(=O)N12. The monoisotopic (exact) mass is 530 g/mol. The molecule has 0 spiro atoms. The first-order valence-electron chi connectivity index (χ1n) is 12.4. The summed E-state index contributed by atoms with van der Waals surface area (Å²) in [5.74, 6) is -1.63. The van der Waals surface area contributed by atoms with Crippen LogP contribution in [-0.4, -0.2) is 86.3 Å². The molecule has 11 heteroatoms. The van der Waals surface area contributed by atoms with E-state index in [1.54, 1.807) is 18.0 Å². The van der Waals surface area contributed by atoms with E-state index in [0.29, 0.717) is 13.0 Å². The number of likely N-dealkylation sites (tertiary alicyclic amines) is 1. The second-order valence-electron chi connectivity index (χ2n) is 9.72. The maximum Gasteiger partial charge on any atom is 0.410 e. The van der Waals surface area contributed by atoms with Crippen LogP contribution in [0.2, 0.25) is 0 Å². The second-order valence-corrected chi connectivity index (χ2v) is 11.1. The van der Waals surface area contributed by atoms with Gasteiger partial charge in [-0.1, -0.05) is 39.2 Å². The number of carbonyl (C=O) groups excluding carboxylic acids is 3. The Morgan fingerprint density at radius 1 is 1.30 bits per heavy atom. The van der Waals surface area contributed by atoms with E-state index in [1.165, 1.54) is 28.8 Å². The molecule has 0 saturated carbocycles. The lowest BCUT2D eigenvalue weighted by Crippen LogP contribution is -2.63. The van der Waals surface area contributed by atoms with E-state index < -0.39 is 24.1 Å². The molecule has 0 aromatic carbocycles. The first-order chi connectivity index (χ1) is 17.7. The summed E-state index contributed by atoms with van der Waals surface area (Å²) in [6.07, 6.45) is 4.08. The van der Waals surface area contributed by atoms with Gasteiger partial charge in [0.2, 0.25) is 5.91 Å². The lowest BCUT2D eigenvalue weighted by Gasteiger charge is -2.46. The zero-order valence-electron chi connectivity index (χ0n) is 21.3. The van der Waals surface area contributed by atoms with E-state index in [1.807, 2.05) is 19.9 Å². The molecule has 0 aliphatic carbocycles. The summed E-state index contributed by atoms with van der Waals surface area (Å²) >= 11 is 1.50. The minimum atomic E-state index is -0.827. The lowest BCUT2D eigenvalue weighted by molar-refractivity contribution is -0.164. The van der Waals surface area contributed by atoms with E-state index in [2.05, 4.69) is 23.4 Å². The topological polar surface area (TPSA) is 125 Å². The number of aliphatic hydroxyl groups is 1. The molecule has 2 amide bonds. The van der Waals surface area contributed by atoms with E-state index in [9.17, 15) is 19.5 Å². The van der Waals surface area contributed by atoms with Crippen molar-refractivity contribution in [2.24, 2.45) is 11.8 Å². The van der Waals surface area contributed by atoms with Crippen molar-refractivity contribution in [3.8, 4) is 0 Å². The summed E-state index contributed by atoms with van der Waals surface area (Å²) in [4.78, 5) is 42.9. The summed E-state index contributed by atoms with van der Waals surface area (Å²) in [7, 11) is 0. The molecule has 37 heavy (non-hydrogen) atoms. The molecule has 0 radical (unpaired) electrons. The maximum atomic E-state index is 13.1. The number of aliphatic hydroxyl groups excluding tert-OH is 1. The van der Waals surface area contributed by atoms with Crippen molar-refractivity contribution < 1.29 is 29.0 Å². The fourth-order valence-corrected chi connectivity index (χ4v) is 7.12. The Hall–Kier alpha value is -3.05.